The molecular formula is C10H9NO3. The molecule has 1 aliphatic heterocycles. The molecule has 2 rings (SSSR count). The Morgan fingerprint density at radius 1 is 1.21 bits per heavy atom. The quantitative estimate of drug-likeness (QED) is 0.622. The Morgan fingerprint density at radius 3 is 2.86 bits per heavy atom. The fourth-order valence-corrected chi connectivity index (χ4v) is 1.28. The normalized spacial score (nSPS) is 16.0. The van der Waals surface area contributed by atoms with Crippen LogP contribution < -0.4 is 10.1 Å². The Labute approximate surface area is 80.9 Å². The molecule has 1 aromatic rings. The number of ketones is 1. The standard InChI is InChI=1S/C10H9NO3/c12-7-5-10(13)11-8-3-1-2-4-9(8)14-6-7/h1-4H,5-6H2,(H,11,13). The van der Waals surface area contributed by atoms with E-state index in [-0.39, 0.29) is 24.7 Å². The molecule has 0 spiro atoms. The molecule has 0 unspecified atom stereocenters. The second-order valence-electron chi connectivity index (χ2n) is 3.05. The van der Waals surface area contributed by atoms with E-state index in [1.165, 1.54) is 0 Å². The highest BCUT2D eigenvalue weighted by Crippen LogP contribution is 2.24. The van der Waals surface area contributed by atoms with Crippen LogP contribution in [0.3, 0.4) is 0 Å². The van der Waals surface area contributed by atoms with Crippen LogP contribution in [0.2, 0.25) is 0 Å². The fraction of sp³-hybridized carbons (Fsp3) is 0.200. The number of amides is 1. The van der Waals surface area contributed by atoms with Gasteiger partial charge in [-0.15, -0.1) is 0 Å². The van der Waals surface area contributed by atoms with Crippen LogP contribution in [0.25, 0.3) is 0 Å². The topological polar surface area (TPSA) is 55.4 Å². The number of anilines is 1. The number of hydrogen-bond donors (Lipinski definition) is 1. The molecule has 0 aliphatic carbocycles. The van der Waals surface area contributed by atoms with Gasteiger partial charge in [0.25, 0.3) is 0 Å². The average Bonchev–Trinajstić information content (AvgIpc) is 2.14. The molecule has 0 aromatic heterocycles. The van der Waals surface area contributed by atoms with E-state index in [1.54, 1.807) is 24.3 Å². The van der Waals surface area contributed by atoms with Crippen LogP contribution in [0.15, 0.2) is 24.3 Å². The maximum Gasteiger partial charge on any atom is 0.232 e. The highest BCUT2D eigenvalue weighted by atomic mass is 16.5. The molecule has 1 aliphatic rings. The lowest BCUT2D eigenvalue weighted by Gasteiger charge is -2.14. The highest BCUT2D eigenvalue weighted by molar-refractivity contribution is 6.06. The summed E-state index contributed by atoms with van der Waals surface area (Å²) >= 11 is 0. The largest absolute Gasteiger partial charge is 0.484 e. The van der Waals surface area contributed by atoms with Crippen molar-refractivity contribution in [1.82, 2.24) is 0 Å². The third-order valence-corrected chi connectivity index (χ3v) is 1.91. The number of benzene rings is 1. The first-order valence-electron chi connectivity index (χ1n) is 4.29. The van der Waals surface area contributed by atoms with Crippen LogP contribution in [0.4, 0.5) is 5.69 Å². The number of carbonyl (C=O) groups is 2. The summed E-state index contributed by atoms with van der Waals surface area (Å²) in [5.41, 5.74) is 0.616. The van der Waals surface area contributed by atoms with Crippen LogP contribution in [0.5, 0.6) is 5.75 Å². The third-order valence-electron chi connectivity index (χ3n) is 1.91. The van der Waals surface area contributed by atoms with Gasteiger partial charge in [0.1, 0.15) is 12.4 Å². The van der Waals surface area contributed by atoms with Crippen molar-refractivity contribution in [3.8, 4) is 5.75 Å². The van der Waals surface area contributed by atoms with E-state index in [1.807, 2.05) is 0 Å². The first-order valence-corrected chi connectivity index (χ1v) is 4.29. The van der Waals surface area contributed by atoms with E-state index < -0.39 is 0 Å². The zero-order chi connectivity index (χ0) is 9.97. The molecule has 0 saturated heterocycles. The molecular weight excluding hydrogens is 182 g/mol. The minimum Gasteiger partial charge on any atom is -0.484 e. The Morgan fingerprint density at radius 2 is 2.00 bits per heavy atom. The number of carbonyl (C=O) groups excluding carboxylic acids is 2. The predicted octanol–water partition coefficient (Wildman–Crippen LogP) is 0.977. The summed E-state index contributed by atoms with van der Waals surface area (Å²) in [7, 11) is 0. The molecule has 4 heteroatoms. The second kappa shape index (κ2) is 3.49. The van der Waals surface area contributed by atoms with Gasteiger partial charge in [0.05, 0.1) is 12.1 Å². The van der Waals surface area contributed by atoms with E-state index in [2.05, 4.69) is 5.32 Å². The number of para-hydroxylation sites is 2. The molecule has 4 nitrogen and oxygen atoms in total. The van der Waals surface area contributed by atoms with Crippen molar-refractivity contribution in [1.29, 1.82) is 0 Å². The second-order valence-corrected chi connectivity index (χ2v) is 3.05. The van der Waals surface area contributed by atoms with Crippen LogP contribution in [0, 0.1) is 0 Å². The number of hydrogen-bond acceptors (Lipinski definition) is 3. The summed E-state index contributed by atoms with van der Waals surface area (Å²) < 4.78 is 5.22. The van der Waals surface area contributed by atoms with Crippen LogP contribution in [0.1, 0.15) is 6.42 Å². The zero-order valence-electron chi connectivity index (χ0n) is 7.45. The Balaban J connectivity index is 2.33. The lowest BCUT2D eigenvalue weighted by Crippen LogP contribution is -2.24. The van der Waals surface area contributed by atoms with Gasteiger partial charge < -0.3 is 10.1 Å². The van der Waals surface area contributed by atoms with Crippen molar-refractivity contribution in [3.05, 3.63) is 24.3 Å². The molecule has 0 atom stereocenters. The Hall–Kier alpha value is -1.84. The fourth-order valence-electron chi connectivity index (χ4n) is 1.28. The van der Waals surface area contributed by atoms with Gasteiger partial charge in [0.15, 0.2) is 5.78 Å². The van der Waals surface area contributed by atoms with E-state index in [0.29, 0.717) is 11.4 Å². The highest BCUT2D eigenvalue weighted by Gasteiger charge is 2.16. The summed E-state index contributed by atoms with van der Waals surface area (Å²) in [6.45, 7) is -0.0373. The van der Waals surface area contributed by atoms with E-state index in [0.717, 1.165) is 0 Å². The Bertz CT molecular complexity index is 387. The van der Waals surface area contributed by atoms with E-state index in [4.69, 9.17) is 4.74 Å². The van der Waals surface area contributed by atoms with Crippen LogP contribution in [-0.4, -0.2) is 18.3 Å². The molecule has 0 bridgehead atoms. The van der Waals surface area contributed by atoms with Crippen molar-refractivity contribution in [2.24, 2.45) is 0 Å². The van der Waals surface area contributed by atoms with Gasteiger partial charge in [-0.25, -0.2) is 0 Å². The van der Waals surface area contributed by atoms with Crippen molar-refractivity contribution >= 4 is 17.4 Å². The summed E-state index contributed by atoms with van der Waals surface area (Å²) in [5.74, 6) is 0.0386. The minimum atomic E-state index is -0.286. The molecule has 0 saturated carbocycles. The van der Waals surface area contributed by atoms with Gasteiger partial charge in [-0.3, -0.25) is 9.59 Å². The van der Waals surface area contributed by atoms with Crippen LogP contribution >= 0.6 is 0 Å². The molecule has 72 valence electrons. The van der Waals surface area contributed by atoms with Gasteiger partial charge in [0, 0.05) is 0 Å². The van der Waals surface area contributed by atoms with Crippen molar-refractivity contribution < 1.29 is 14.3 Å². The van der Waals surface area contributed by atoms with Gasteiger partial charge in [0.2, 0.25) is 5.91 Å². The summed E-state index contributed by atoms with van der Waals surface area (Å²) in [4.78, 5) is 22.3. The SMILES string of the molecule is O=C1COc2ccccc2NC(=O)C1. The van der Waals surface area contributed by atoms with E-state index in [9.17, 15) is 9.59 Å². The molecule has 1 amide bonds. The summed E-state index contributed by atoms with van der Waals surface area (Å²) in [5, 5.41) is 2.61. The maximum atomic E-state index is 11.2. The Kier molecular flexibility index (Phi) is 2.18. The number of Topliss-reactive ketones (excluding diaryl/α,β-unsaturated/α-hetero) is 1. The number of rotatable bonds is 0. The molecule has 1 N–H and O–H groups in total. The molecule has 0 fully saturated rings. The molecule has 14 heavy (non-hydrogen) atoms. The van der Waals surface area contributed by atoms with Crippen molar-refractivity contribution in [3.63, 3.8) is 0 Å². The molecule has 1 aromatic carbocycles. The van der Waals surface area contributed by atoms with Crippen molar-refractivity contribution in [2.45, 2.75) is 6.42 Å². The predicted molar refractivity (Wildman–Crippen MR) is 50.2 cm³/mol. The summed E-state index contributed by atoms with van der Waals surface area (Å²) in [6.07, 6.45) is -0.117. The van der Waals surface area contributed by atoms with Gasteiger partial charge in [-0.2, -0.15) is 0 Å². The number of nitrogens with one attached hydrogen (secondary N) is 1. The van der Waals surface area contributed by atoms with Gasteiger partial charge in [-0.1, -0.05) is 12.1 Å². The minimum absolute atomic E-state index is 0.0373. The number of ether oxygens (including phenoxy) is 1. The first kappa shape index (κ1) is 8.74. The van der Waals surface area contributed by atoms with Gasteiger partial charge in [-0.05, 0) is 12.1 Å². The lowest BCUT2D eigenvalue weighted by molar-refractivity contribution is -0.127. The summed E-state index contributed by atoms with van der Waals surface area (Å²) in [6, 6.07) is 7.04. The molecule has 0 radical (unpaired) electrons. The lowest BCUT2D eigenvalue weighted by atomic mass is 10.2. The van der Waals surface area contributed by atoms with Gasteiger partial charge >= 0.3 is 0 Å². The monoisotopic (exact) mass is 191 g/mol. The number of fused-ring (bicyclic) bond motifs is 1. The third kappa shape index (κ3) is 1.74. The molecule has 1 heterocycles. The smallest absolute Gasteiger partial charge is 0.232 e. The van der Waals surface area contributed by atoms with Crippen LogP contribution in [-0.2, 0) is 9.59 Å². The van der Waals surface area contributed by atoms with E-state index >= 15 is 0 Å². The van der Waals surface area contributed by atoms with Crippen molar-refractivity contribution in [2.75, 3.05) is 11.9 Å². The first-order chi connectivity index (χ1) is 6.75. The maximum absolute atomic E-state index is 11.2. The zero-order valence-corrected chi connectivity index (χ0v) is 7.45. The average molecular weight is 191 g/mol.